The van der Waals surface area contributed by atoms with E-state index in [0.29, 0.717) is 6.92 Å². The molecule has 0 aromatic heterocycles. The van der Waals surface area contributed by atoms with Crippen molar-refractivity contribution in [2.45, 2.75) is 24.9 Å². The predicted octanol–water partition coefficient (Wildman–Crippen LogP) is 0.00280. The van der Waals surface area contributed by atoms with E-state index in [1.165, 1.54) is 4.13 Å². The minimum Gasteiger partial charge on any atom is -0.241 e. The largest absolute Gasteiger partial charge is 0.248 e. The number of sulfonamides is 2. The van der Waals surface area contributed by atoms with Gasteiger partial charge in [-0.1, -0.05) is 0 Å². The Balaban J connectivity index is 3.07. The van der Waals surface area contributed by atoms with Gasteiger partial charge in [-0.05, 0) is 6.92 Å². The third-order valence-corrected chi connectivity index (χ3v) is 5.60. The molecule has 16 heavy (non-hydrogen) atoms. The number of rotatable bonds is 2. The molecule has 5 nitrogen and oxygen atoms in total. The van der Waals surface area contributed by atoms with E-state index in [1.807, 2.05) is 0 Å². The van der Waals surface area contributed by atoms with Gasteiger partial charge < -0.3 is 0 Å². The van der Waals surface area contributed by atoms with Crippen LogP contribution in [0.2, 0.25) is 0 Å². The van der Waals surface area contributed by atoms with E-state index in [-0.39, 0.29) is 0 Å². The van der Waals surface area contributed by atoms with Gasteiger partial charge in [0.15, 0.2) is 0 Å². The Hall–Kier alpha value is -0.350. The van der Waals surface area contributed by atoms with Crippen LogP contribution >= 0.6 is 0 Å². The van der Waals surface area contributed by atoms with Crippen molar-refractivity contribution in [2.75, 3.05) is 11.5 Å². The van der Waals surface area contributed by atoms with E-state index >= 15 is 0 Å². The zero-order chi connectivity index (χ0) is 12.8. The molecule has 0 aromatic rings. The van der Waals surface area contributed by atoms with Crippen LogP contribution in [-0.2, 0) is 20.0 Å². The first kappa shape index (κ1) is 13.7. The lowest BCUT2D eigenvalue weighted by Crippen LogP contribution is -2.54. The number of halogens is 3. The normalized spacial score (nSPS) is 27.5. The van der Waals surface area contributed by atoms with E-state index in [4.69, 9.17) is 0 Å². The Kier molecular flexibility index (Phi) is 3.06. The third-order valence-electron chi connectivity index (χ3n) is 1.78. The highest BCUT2D eigenvalue weighted by molar-refractivity contribution is 8.05. The molecule has 10 heteroatoms. The monoisotopic (exact) mass is 281 g/mol. The topological polar surface area (TPSA) is 80.3 Å². The second-order valence-electron chi connectivity index (χ2n) is 4.00. The van der Waals surface area contributed by atoms with Crippen LogP contribution in [0, 0.1) is 0 Å². The molecule has 1 rings (SSSR count). The zero-order valence-corrected chi connectivity index (χ0v) is 9.84. The fourth-order valence-electron chi connectivity index (χ4n) is 1.63. The van der Waals surface area contributed by atoms with Crippen molar-refractivity contribution in [2.24, 2.45) is 0 Å². The lowest BCUT2D eigenvalue weighted by molar-refractivity contribution is -0.0287. The summed E-state index contributed by atoms with van der Waals surface area (Å²) in [6, 6.07) is 0. The number of hydrogen-bond acceptors (Lipinski definition) is 4. The summed E-state index contributed by atoms with van der Waals surface area (Å²) in [5.74, 6) is -6.03. The Morgan fingerprint density at radius 2 is 1.56 bits per heavy atom. The van der Waals surface area contributed by atoms with Gasteiger partial charge >= 0.3 is 0 Å². The molecule has 0 aromatic carbocycles. The Morgan fingerprint density at radius 1 is 1.19 bits per heavy atom. The summed E-state index contributed by atoms with van der Waals surface area (Å²) < 4.78 is 84.2. The molecule has 0 amide bonds. The van der Waals surface area contributed by atoms with Crippen LogP contribution in [0.5, 0.6) is 0 Å². The first-order valence-corrected chi connectivity index (χ1v) is 7.44. The quantitative estimate of drug-likeness (QED) is 0.772. The Labute approximate surface area is 91.1 Å². The molecule has 0 aliphatic carbocycles. The number of hydrogen-bond donors (Lipinski definition) is 1. The summed E-state index contributed by atoms with van der Waals surface area (Å²) in [7, 11) is -8.83. The molecule has 1 aliphatic heterocycles. The van der Waals surface area contributed by atoms with Crippen molar-refractivity contribution in [1.82, 2.24) is 4.13 Å². The Bertz CT molecular complexity index is 444. The third kappa shape index (κ3) is 3.91. The highest BCUT2D eigenvalue weighted by Crippen LogP contribution is 2.33. The average Bonchev–Trinajstić information content (AvgIpc) is 1.66. The van der Waals surface area contributed by atoms with E-state index in [9.17, 15) is 30.0 Å². The lowest BCUT2D eigenvalue weighted by atomic mass is 10.0. The SMILES string of the molecule is CC(F)(F)CC1(F)CS(=O)(=O)NS(=O)(=O)C1. The Morgan fingerprint density at radius 3 is 1.88 bits per heavy atom. The summed E-state index contributed by atoms with van der Waals surface area (Å²) in [4.78, 5) is 0. The van der Waals surface area contributed by atoms with Crippen LogP contribution in [0.25, 0.3) is 0 Å². The smallest absolute Gasteiger partial charge is 0.241 e. The molecule has 1 heterocycles. The van der Waals surface area contributed by atoms with E-state index in [2.05, 4.69) is 0 Å². The van der Waals surface area contributed by atoms with Crippen molar-refractivity contribution in [3.05, 3.63) is 0 Å². The van der Waals surface area contributed by atoms with Gasteiger partial charge in [-0.2, -0.15) is 0 Å². The predicted molar refractivity (Wildman–Crippen MR) is 49.8 cm³/mol. The molecule has 0 spiro atoms. The fraction of sp³-hybridized carbons (Fsp3) is 1.00. The minimum absolute atomic E-state index is 0.398. The van der Waals surface area contributed by atoms with E-state index in [1.54, 1.807) is 0 Å². The second-order valence-corrected chi connectivity index (χ2v) is 7.70. The summed E-state index contributed by atoms with van der Waals surface area (Å²) in [6.07, 6.45) is -1.44. The van der Waals surface area contributed by atoms with Crippen LogP contribution in [0.3, 0.4) is 0 Å². The number of nitrogens with one attached hydrogen (secondary N) is 1. The van der Waals surface area contributed by atoms with E-state index in [0.717, 1.165) is 0 Å². The van der Waals surface area contributed by atoms with Crippen LogP contribution in [0.1, 0.15) is 13.3 Å². The van der Waals surface area contributed by atoms with Gasteiger partial charge in [0.2, 0.25) is 26.0 Å². The summed E-state index contributed by atoms with van der Waals surface area (Å²) in [5.41, 5.74) is -2.96. The molecule has 1 fully saturated rings. The maximum atomic E-state index is 13.8. The lowest BCUT2D eigenvalue weighted by Gasteiger charge is -2.30. The van der Waals surface area contributed by atoms with E-state index < -0.39 is 49.6 Å². The molecular formula is C6H10F3NO4S2. The van der Waals surface area contributed by atoms with Crippen LogP contribution in [-0.4, -0.2) is 39.9 Å². The summed E-state index contributed by atoms with van der Waals surface area (Å²) >= 11 is 0. The van der Waals surface area contributed by atoms with Crippen molar-refractivity contribution >= 4 is 20.0 Å². The first-order valence-electron chi connectivity index (χ1n) is 4.13. The van der Waals surface area contributed by atoms with Crippen LogP contribution in [0.15, 0.2) is 0 Å². The van der Waals surface area contributed by atoms with Crippen molar-refractivity contribution < 1.29 is 30.0 Å². The molecule has 0 saturated carbocycles. The van der Waals surface area contributed by atoms with Gasteiger partial charge in [-0.15, -0.1) is 4.13 Å². The molecule has 1 aliphatic rings. The summed E-state index contributed by atoms with van der Waals surface area (Å²) in [5, 5.41) is 0. The fourth-order valence-corrected chi connectivity index (χ4v) is 5.55. The minimum atomic E-state index is -4.42. The maximum Gasteiger partial charge on any atom is 0.248 e. The molecule has 0 bridgehead atoms. The average molecular weight is 281 g/mol. The molecular weight excluding hydrogens is 271 g/mol. The maximum absolute atomic E-state index is 13.8. The van der Waals surface area contributed by atoms with Gasteiger partial charge in [0, 0.05) is 6.42 Å². The van der Waals surface area contributed by atoms with Crippen molar-refractivity contribution in [3.8, 4) is 0 Å². The molecule has 0 atom stereocenters. The number of alkyl halides is 3. The van der Waals surface area contributed by atoms with Gasteiger partial charge in [0.25, 0.3) is 0 Å². The standard InChI is InChI=1S/C6H10F3NO4S2/c1-5(7,8)2-6(9)3-15(11,12)10-16(13,14)4-6/h10H,2-4H2,1H3. The van der Waals surface area contributed by atoms with Crippen molar-refractivity contribution in [1.29, 1.82) is 0 Å². The van der Waals surface area contributed by atoms with Gasteiger partial charge in [-0.3, -0.25) is 0 Å². The first-order chi connectivity index (χ1) is 6.83. The molecule has 1 saturated heterocycles. The van der Waals surface area contributed by atoms with Gasteiger partial charge in [0.05, 0.1) is 0 Å². The highest BCUT2D eigenvalue weighted by Gasteiger charge is 2.50. The highest BCUT2D eigenvalue weighted by atomic mass is 32.3. The molecule has 0 radical (unpaired) electrons. The van der Waals surface area contributed by atoms with Gasteiger partial charge in [-0.25, -0.2) is 30.0 Å². The van der Waals surface area contributed by atoms with Crippen LogP contribution in [0.4, 0.5) is 13.2 Å². The molecule has 0 unspecified atom stereocenters. The van der Waals surface area contributed by atoms with Crippen molar-refractivity contribution in [3.63, 3.8) is 0 Å². The molecule has 1 N–H and O–H groups in total. The second kappa shape index (κ2) is 3.57. The molecule has 96 valence electrons. The summed E-state index contributed by atoms with van der Waals surface area (Å²) in [6.45, 7) is 0.398. The van der Waals surface area contributed by atoms with Crippen LogP contribution < -0.4 is 4.13 Å². The van der Waals surface area contributed by atoms with Gasteiger partial charge in [0.1, 0.15) is 17.2 Å². The zero-order valence-electron chi connectivity index (χ0n) is 8.20.